The van der Waals surface area contributed by atoms with E-state index in [-0.39, 0.29) is 28.7 Å². The lowest BCUT2D eigenvalue weighted by Gasteiger charge is -2.34. The van der Waals surface area contributed by atoms with Crippen LogP contribution in [0.5, 0.6) is 0 Å². The van der Waals surface area contributed by atoms with Gasteiger partial charge in [-0.05, 0) is 49.6 Å². The molecule has 2 aromatic heterocycles. The van der Waals surface area contributed by atoms with Crippen LogP contribution in [0.1, 0.15) is 28.9 Å². The molecule has 198 valence electrons. The Morgan fingerprint density at radius 2 is 1.92 bits per heavy atom. The molecule has 0 saturated carbocycles. The first-order valence-electron chi connectivity index (χ1n) is 11.8. The minimum atomic E-state index is -3.82. The average molecular weight is 542 g/mol. The van der Waals surface area contributed by atoms with Crippen molar-refractivity contribution in [3.05, 3.63) is 77.9 Å². The summed E-state index contributed by atoms with van der Waals surface area (Å²) in [5.74, 6) is -1.66. The van der Waals surface area contributed by atoms with Gasteiger partial charge in [-0.2, -0.15) is 13.1 Å². The predicted octanol–water partition coefficient (Wildman–Crippen LogP) is 3.00. The molecule has 5 rings (SSSR count). The fourth-order valence-corrected chi connectivity index (χ4v) is 5.38. The highest BCUT2D eigenvalue weighted by Crippen LogP contribution is 2.31. The number of anilines is 2. The van der Waals surface area contributed by atoms with E-state index in [2.05, 4.69) is 20.0 Å². The van der Waals surface area contributed by atoms with Crippen molar-refractivity contribution in [2.45, 2.75) is 25.8 Å². The number of hydrogen-bond acceptors (Lipinski definition) is 6. The predicted molar refractivity (Wildman–Crippen MR) is 139 cm³/mol. The highest BCUT2D eigenvalue weighted by Gasteiger charge is 2.25. The van der Waals surface area contributed by atoms with Crippen molar-refractivity contribution in [3.8, 4) is 11.3 Å². The number of rotatable bonds is 6. The maximum Gasteiger partial charge on any atom is 0.275 e. The summed E-state index contributed by atoms with van der Waals surface area (Å²) in [6, 6.07) is 8.38. The van der Waals surface area contributed by atoms with Gasteiger partial charge >= 0.3 is 0 Å². The van der Waals surface area contributed by atoms with Crippen molar-refractivity contribution in [1.29, 1.82) is 0 Å². The maximum absolute atomic E-state index is 14.8. The van der Waals surface area contributed by atoms with Gasteiger partial charge in [0.1, 0.15) is 23.0 Å². The molecule has 0 spiro atoms. The van der Waals surface area contributed by atoms with Crippen molar-refractivity contribution in [1.82, 2.24) is 19.1 Å². The molecule has 10 nitrogen and oxygen atoms in total. The van der Waals surface area contributed by atoms with E-state index in [1.807, 2.05) is 4.90 Å². The van der Waals surface area contributed by atoms with Crippen LogP contribution in [0, 0.1) is 18.6 Å². The second kappa shape index (κ2) is 10.1. The van der Waals surface area contributed by atoms with Gasteiger partial charge in [-0.3, -0.25) is 4.79 Å². The third kappa shape index (κ3) is 5.35. The van der Waals surface area contributed by atoms with Gasteiger partial charge in [-0.1, -0.05) is 12.1 Å². The maximum atomic E-state index is 14.8. The van der Waals surface area contributed by atoms with Crippen molar-refractivity contribution in [2.24, 2.45) is 5.14 Å². The molecule has 13 heteroatoms. The van der Waals surface area contributed by atoms with E-state index in [9.17, 15) is 22.0 Å². The summed E-state index contributed by atoms with van der Waals surface area (Å²) in [6.45, 7) is 2.65. The highest BCUT2D eigenvalue weighted by atomic mass is 32.2. The quantitative estimate of drug-likeness (QED) is 0.344. The first kappa shape index (κ1) is 25.7. The number of amides is 1. The Labute approximate surface area is 217 Å². The van der Waals surface area contributed by atoms with E-state index in [0.29, 0.717) is 42.8 Å². The zero-order chi connectivity index (χ0) is 27.0. The van der Waals surface area contributed by atoms with Crippen LogP contribution >= 0.6 is 0 Å². The topological polar surface area (TPSA) is 135 Å². The molecule has 1 aliphatic heterocycles. The molecule has 1 aliphatic rings. The summed E-state index contributed by atoms with van der Waals surface area (Å²) in [4.78, 5) is 24.0. The average Bonchev–Trinajstić information content (AvgIpc) is 3.33. The smallest absolute Gasteiger partial charge is 0.275 e. The van der Waals surface area contributed by atoms with Crippen molar-refractivity contribution in [3.63, 3.8) is 0 Å². The number of aryl methyl sites for hydroxylation is 1. The number of aromatic nitrogens is 3. The molecule has 0 radical (unpaired) electrons. The van der Waals surface area contributed by atoms with E-state index in [4.69, 9.17) is 5.14 Å². The van der Waals surface area contributed by atoms with Crippen molar-refractivity contribution >= 4 is 33.1 Å². The molecule has 1 amide bonds. The number of nitrogens with two attached hydrogens (primary N) is 1. The Kier molecular flexibility index (Phi) is 6.82. The van der Waals surface area contributed by atoms with Crippen LogP contribution in [-0.4, -0.2) is 47.8 Å². The molecule has 1 fully saturated rings. The SMILES string of the molecule is Cc1cccc(F)c1-c1nc(C(=O)Nc2cc(F)ccc2N2CCC(NS(N)(=O)=O)CC2)cn2ccnc12. The number of hydrogen-bond donors (Lipinski definition) is 3. The fourth-order valence-electron chi connectivity index (χ4n) is 4.68. The first-order valence-corrected chi connectivity index (χ1v) is 13.4. The zero-order valence-electron chi connectivity index (χ0n) is 20.4. The van der Waals surface area contributed by atoms with Crippen molar-refractivity contribution in [2.75, 3.05) is 23.3 Å². The third-order valence-electron chi connectivity index (χ3n) is 6.44. The zero-order valence-corrected chi connectivity index (χ0v) is 21.2. The Hall–Kier alpha value is -3.94. The molecule has 1 saturated heterocycles. The lowest BCUT2D eigenvalue weighted by Crippen LogP contribution is -2.46. The van der Waals surface area contributed by atoms with Gasteiger partial charge in [0, 0.05) is 43.3 Å². The van der Waals surface area contributed by atoms with E-state index in [0.717, 1.165) is 0 Å². The Balaban J connectivity index is 1.44. The molecule has 38 heavy (non-hydrogen) atoms. The number of halogens is 2. The number of imidazole rings is 1. The number of fused-ring (bicyclic) bond motifs is 1. The molecule has 0 aliphatic carbocycles. The summed E-state index contributed by atoms with van der Waals surface area (Å²) in [5.41, 5.74) is 2.25. The van der Waals surface area contributed by atoms with Crippen LogP contribution < -0.4 is 20.1 Å². The van der Waals surface area contributed by atoms with Crippen LogP contribution in [0.2, 0.25) is 0 Å². The summed E-state index contributed by atoms with van der Waals surface area (Å²) >= 11 is 0. The van der Waals surface area contributed by atoms with Crippen LogP contribution in [-0.2, 0) is 10.2 Å². The Morgan fingerprint density at radius 3 is 2.63 bits per heavy atom. The van der Waals surface area contributed by atoms with Crippen LogP contribution in [0.25, 0.3) is 16.9 Å². The number of benzene rings is 2. The van der Waals surface area contributed by atoms with Gasteiger partial charge in [-0.15, -0.1) is 0 Å². The van der Waals surface area contributed by atoms with Gasteiger partial charge in [0.2, 0.25) is 0 Å². The monoisotopic (exact) mass is 541 g/mol. The molecule has 3 heterocycles. The second-order valence-electron chi connectivity index (χ2n) is 9.10. The van der Waals surface area contributed by atoms with Gasteiger partial charge in [0.05, 0.1) is 11.4 Å². The minimum absolute atomic E-state index is 0.0144. The Morgan fingerprint density at radius 1 is 1.16 bits per heavy atom. The number of nitrogens with one attached hydrogen (secondary N) is 2. The Bertz CT molecular complexity index is 1610. The molecular weight excluding hydrogens is 516 g/mol. The third-order valence-corrected chi connectivity index (χ3v) is 7.10. The summed E-state index contributed by atoms with van der Waals surface area (Å²) < 4.78 is 55.7. The molecular formula is C25H25F2N7O3S. The van der Waals surface area contributed by atoms with Gasteiger partial charge < -0.3 is 14.6 Å². The highest BCUT2D eigenvalue weighted by molar-refractivity contribution is 7.87. The van der Waals surface area contributed by atoms with Gasteiger partial charge in [0.25, 0.3) is 16.1 Å². The largest absolute Gasteiger partial charge is 0.370 e. The van der Waals surface area contributed by atoms with E-state index >= 15 is 0 Å². The lowest BCUT2D eigenvalue weighted by molar-refractivity contribution is 0.102. The molecule has 0 unspecified atom stereocenters. The molecule has 4 N–H and O–H groups in total. The number of nitrogens with zero attached hydrogens (tertiary/aromatic N) is 4. The fraction of sp³-hybridized carbons (Fsp3) is 0.240. The lowest BCUT2D eigenvalue weighted by atomic mass is 10.0. The molecule has 2 aromatic carbocycles. The summed E-state index contributed by atoms with van der Waals surface area (Å²) in [6.07, 6.45) is 5.58. The number of piperidine rings is 1. The second-order valence-corrected chi connectivity index (χ2v) is 10.4. The molecule has 4 aromatic rings. The summed E-state index contributed by atoms with van der Waals surface area (Å²) in [7, 11) is -3.82. The van der Waals surface area contributed by atoms with E-state index in [1.165, 1.54) is 30.6 Å². The minimum Gasteiger partial charge on any atom is -0.370 e. The van der Waals surface area contributed by atoms with Gasteiger partial charge in [0.15, 0.2) is 5.65 Å². The number of carbonyl (C=O) groups excluding carboxylic acids is 1. The standard InChI is InChI=1S/C25H25F2N7O3S/c1-15-3-2-4-18(27)22(15)23-24-29-9-12-34(24)14-20(30-23)25(35)31-19-13-16(26)5-6-21(19)33-10-7-17(8-11-33)32-38(28,36)37/h2-6,9,12-14,17,32H,7-8,10-11H2,1H3,(H,31,35)(H2,28,36,37). The van der Waals surface area contributed by atoms with Crippen LogP contribution in [0.3, 0.4) is 0 Å². The molecule has 0 bridgehead atoms. The van der Waals surface area contributed by atoms with Crippen LogP contribution in [0.4, 0.5) is 20.2 Å². The summed E-state index contributed by atoms with van der Waals surface area (Å²) in [5, 5.41) is 7.82. The van der Waals surface area contributed by atoms with E-state index < -0.39 is 27.8 Å². The van der Waals surface area contributed by atoms with Crippen molar-refractivity contribution < 1.29 is 22.0 Å². The molecule has 0 atom stereocenters. The number of carbonyl (C=O) groups is 1. The normalized spacial score (nSPS) is 14.7. The first-order chi connectivity index (χ1) is 18.1. The van der Waals surface area contributed by atoms with Crippen LogP contribution in [0.15, 0.2) is 55.0 Å². The van der Waals surface area contributed by atoms with Gasteiger partial charge in [-0.25, -0.2) is 23.9 Å². The van der Waals surface area contributed by atoms with E-state index in [1.54, 1.807) is 35.7 Å².